The van der Waals surface area contributed by atoms with Crippen molar-refractivity contribution in [2.24, 2.45) is 5.92 Å². The van der Waals surface area contributed by atoms with Crippen LogP contribution in [0, 0.1) is 5.92 Å². The van der Waals surface area contributed by atoms with Crippen LogP contribution in [0.25, 0.3) is 0 Å². The summed E-state index contributed by atoms with van der Waals surface area (Å²) in [4.78, 5) is 28.5. The van der Waals surface area contributed by atoms with E-state index in [1.807, 2.05) is 0 Å². The molecule has 4 nitrogen and oxygen atoms in total. The molecule has 0 atom stereocenters. The lowest BCUT2D eigenvalue weighted by molar-refractivity contribution is -0.120. The summed E-state index contributed by atoms with van der Waals surface area (Å²) < 4.78 is 10.6. The lowest BCUT2D eigenvalue weighted by atomic mass is 9.99. The molecular weight excluding hydrogens is 211 g/mol. The molecule has 0 aliphatic carbocycles. The highest BCUT2D eigenvalue weighted by molar-refractivity contribution is 7.99. The molecule has 76 valence electrons. The maximum absolute atomic E-state index is 11.3. The van der Waals surface area contributed by atoms with Crippen LogP contribution in [-0.2, 0) is 9.36 Å². The van der Waals surface area contributed by atoms with Gasteiger partial charge >= 0.3 is 7.60 Å². The van der Waals surface area contributed by atoms with Crippen LogP contribution in [0.5, 0.6) is 0 Å². The van der Waals surface area contributed by atoms with E-state index in [1.165, 1.54) is 0 Å². The maximum Gasteiger partial charge on any atom is 0.332 e. The first kappa shape index (κ1) is 11.2. The minimum Gasteiger partial charge on any atom is -0.324 e. The van der Waals surface area contributed by atoms with Crippen molar-refractivity contribution >= 4 is 25.1 Å². The van der Waals surface area contributed by atoms with Crippen LogP contribution in [0.4, 0.5) is 0 Å². The minimum absolute atomic E-state index is 0.117. The number of hydrogen-bond donors (Lipinski definition) is 2. The molecule has 0 aromatic carbocycles. The van der Waals surface area contributed by atoms with Gasteiger partial charge in [-0.2, -0.15) is 11.8 Å². The molecule has 0 spiro atoms. The smallest absolute Gasteiger partial charge is 0.324 e. The first-order valence-electron chi connectivity index (χ1n) is 4.14. The maximum atomic E-state index is 11.3. The van der Waals surface area contributed by atoms with Gasteiger partial charge in [-0.05, 0) is 24.3 Å². The van der Waals surface area contributed by atoms with Crippen molar-refractivity contribution in [3.63, 3.8) is 0 Å². The van der Waals surface area contributed by atoms with E-state index >= 15 is 0 Å². The molecule has 0 aromatic heterocycles. The Bertz CT molecular complexity index is 231. The highest BCUT2D eigenvalue weighted by atomic mass is 32.2. The predicted octanol–water partition coefficient (Wildman–Crippen LogP) is 0.876. The van der Waals surface area contributed by atoms with E-state index in [1.54, 1.807) is 11.8 Å². The van der Waals surface area contributed by atoms with Gasteiger partial charge in [-0.1, -0.05) is 0 Å². The second-order valence-corrected chi connectivity index (χ2v) is 6.05. The highest BCUT2D eigenvalue weighted by Crippen LogP contribution is 2.36. The fraction of sp³-hybridized carbons (Fsp3) is 0.857. The predicted molar refractivity (Wildman–Crippen MR) is 52.0 cm³/mol. The zero-order valence-electron chi connectivity index (χ0n) is 7.18. The Balaban J connectivity index is 2.42. The number of rotatable bonds is 3. The molecule has 13 heavy (non-hydrogen) atoms. The first-order valence-corrected chi connectivity index (χ1v) is 7.09. The molecule has 1 rings (SSSR count). The molecular formula is C7H13O4PS. The molecule has 6 heteroatoms. The summed E-state index contributed by atoms with van der Waals surface area (Å²) in [5, 5.41) is 0. The van der Waals surface area contributed by atoms with Gasteiger partial charge in [0.25, 0.3) is 0 Å². The lowest BCUT2D eigenvalue weighted by Crippen LogP contribution is -2.22. The average Bonchev–Trinajstić information content (AvgIpc) is 2.03. The van der Waals surface area contributed by atoms with E-state index < -0.39 is 13.8 Å². The molecule has 2 N–H and O–H groups in total. The summed E-state index contributed by atoms with van der Waals surface area (Å²) in [5.41, 5.74) is 0. The Morgan fingerprint density at radius 1 is 1.38 bits per heavy atom. The second-order valence-electron chi connectivity index (χ2n) is 3.18. The summed E-state index contributed by atoms with van der Waals surface area (Å²) in [5.74, 6) is 1.47. The van der Waals surface area contributed by atoms with Crippen molar-refractivity contribution in [2.45, 2.75) is 12.8 Å². The van der Waals surface area contributed by atoms with Gasteiger partial charge in [0, 0.05) is 5.92 Å². The monoisotopic (exact) mass is 224 g/mol. The number of Topliss-reactive ketones (excluding diaryl/α,β-unsaturated/α-hetero) is 1. The second kappa shape index (κ2) is 4.60. The quantitative estimate of drug-likeness (QED) is 0.696. The Kier molecular flexibility index (Phi) is 3.98. The van der Waals surface area contributed by atoms with Gasteiger partial charge in [0.1, 0.15) is 11.9 Å². The average molecular weight is 224 g/mol. The summed E-state index contributed by atoms with van der Waals surface area (Å²) in [7, 11) is -4.14. The topological polar surface area (TPSA) is 74.6 Å². The van der Waals surface area contributed by atoms with Crippen molar-refractivity contribution in [3.8, 4) is 0 Å². The Morgan fingerprint density at radius 2 is 1.92 bits per heavy atom. The molecule has 0 amide bonds. The van der Waals surface area contributed by atoms with Crippen molar-refractivity contribution in [3.05, 3.63) is 0 Å². The summed E-state index contributed by atoms with van der Waals surface area (Å²) in [6.07, 6.45) is 0.954. The zero-order valence-corrected chi connectivity index (χ0v) is 8.89. The fourth-order valence-corrected chi connectivity index (χ4v) is 3.12. The van der Waals surface area contributed by atoms with Crippen LogP contribution in [0.15, 0.2) is 0 Å². The summed E-state index contributed by atoms with van der Waals surface area (Å²) in [6, 6.07) is 0. The third-order valence-electron chi connectivity index (χ3n) is 2.04. The van der Waals surface area contributed by atoms with Crippen molar-refractivity contribution in [2.75, 3.05) is 17.7 Å². The molecule has 1 saturated heterocycles. The summed E-state index contributed by atoms with van der Waals surface area (Å²) >= 11 is 1.79. The number of hydrogen-bond acceptors (Lipinski definition) is 3. The van der Waals surface area contributed by atoms with Gasteiger partial charge in [0.05, 0.1) is 0 Å². The molecule has 0 unspecified atom stereocenters. The number of carbonyl (C=O) groups is 1. The van der Waals surface area contributed by atoms with Gasteiger partial charge in [0.15, 0.2) is 0 Å². The lowest BCUT2D eigenvalue weighted by Gasteiger charge is -2.19. The first-order chi connectivity index (χ1) is 5.99. The number of thioether (sulfide) groups is 1. The van der Waals surface area contributed by atoms with Crippen LogP contribution in [0.2, 0.25) is 0 Å². The highest BCUT2D eigenvalue weighted by Gasteiger charge is 2.27. The van der Waals surface area contributed by atoms with Crippen molar-refractivity contribution < 1.29 is 19.1 Å². The van der Waals surface area contributed by atoms with Crippen molar-refractivity contribution in [1.29, 1.82) is 0 Å². The fourth-order valence-electron chi connectivity index (χ4n) is 1.35. The van der Waals surface area contributed by atoms with E-state index in [4.69, 9.17) is 9.79 Å². The molecule has 0 bridgehead atoms. The van der Waals surface area contributed by atoms with Gasteiger partial charge in [0.2, 0.25) is 0 Å². The number of ketones is 1. The normalized spacial score (nSPS) is 20.2. The van der Waals surface area contributed by atoms with Gasteiger partial charge < -0.3 is 9.79 Å². The SMILES string of the molecule is O=C(CP(=O)(O)O)C1CCSCC1. The van der Waals surface area contributed by atoms with Crippen LogP contribution in [-0.4, -0.2) is 33.2 Å². The van der Waals surface area contributed by atoms with Crippen molar-refractivity contribution in [1.82, 2.24) is 0 Å². The van der Waals surface area contributed by atoms with E-state index in [0.29, 0.717) is 0 Å². The van der Waals surface area contributed by atoms with Crippen LogP contribution in [0.3, 0.4) is 0 Å². The van der Waals surface area contributed by atoms with E-state index in [9.17, 15) is 9.36 Å². The molecule has 1 heterocycles. The molecule has 1 fully saturated rings. The van der Waals surface area contributed by atoms with E-state index in [2.05, 4.69) is 0 Å². The third-order valence-corrected chi connectivity index (χ3v) is 3.81. The summed E-state index contributed by atoms with van der Waals surface area (Å²) in [6.45, 7) is 0. The minimum atomic E-state index is -4.14. The van der Waals surface area contributed by atoms with E-state index in [-0.39, 0.29) is 11.7 Å². The van der Waals surface area contributed by atoms with Crippen LogP contribution < -0.4 is 0 Å². The molecule has 1 aliphatic heterocycles. The number of carbonyl (C=O) groups excluding carboxylic acids is 1. The zero-order chi connectivity index (χ0) is 9.90. The molecule has 0 radical (unpaired) electrons. The Hall–Kier alpha value is 0.170. The van der Waals surface area contributed by atoms with E-state index in [0.717, 1.165) is 24.3 Å². The standard InChI is InChI=1S/C7H13O4PS/c8-7(5-12(9,10)11)6-1-3-13-4-2-6/h6H,1-5H2,(H2,9,10,11). The largest absolute Gasteiger partial charge is 0.332 e. The molecule has 1 aliphatic rings. The molecule has 0 aromatic rings. The van der Waals surface area contributed by atoms with Crippen LogP contribution >= 0.6 is 19.4 Å². The van der Waals surface area contributed by atoms with Gasteiger partial charge in [-0.25, -0.2) is 0 Å². The molecule has 0 saturated carbocycles. The Morgan fingerprint density at radius 3 is 2.38 bits per heavy atom. The Labute approximate surface area is 81.3 Å². The van der Waals surface area contributed by atoms with Gasteiger partial charge in [-0.3, -0.25) is 9.36 Å². The van der Waals surface area contributed by atoms with Gasteiger partial charge in [-0.15, -0.1) is 0 Å². The van der Waals surface area contributed by atoms with Crippen LogP contribution in [0.1, 0.15) is 12.8 Å². The third kappa shape index (κ3) is 4.27.